The van der Waals surface area contributed by atoms with Crippen LogP contribution in [0.1, 0.15) is 34.8 Å². The number of carbonyl (C=O) groups excluding carboxylic acids is 1. The normalized spacial score (nSPS) is 17.7. The van der Waals surface area contributed by atoms with E-state index in [1.807, 2.05) is 0 Å². The number of para-hydroxylation sites is 1. The predicted molar refractivity (Wildman–Crippen MR) is 88.6 cm³/mol. The summed E-state index contributed by atoms with van der Waals surface area (Å²) in [6.07, 6.45) is 2.00. The van der Waals surface area contributed by atoms with Gasteiger partial charge in [-0.15, -0.1) is 0 Å². The Hall–Kier alpha value is -2.54. The number of anilines is 1. The van der Waals surface area contributed by atoms with Crippen LogP contribution in [0.4, 0.5) is 5.82 Å². The van der Waals surface area contributed by atoms with Gasteiger partial charge in [0.25, 0.3) is 5.91 Å². The first-order valence-electron chi connectivity index (χ1n) is 8.23. The number of nitrogens with two attached hydrogens (primary N) is 1. The van der Waals surface area contributed by atoms with Gasteiger partial charge in [0.15, 0.2) is 11.5 Å². The Morgan fingerprint density at radius 1 is 1.25 bits per heavy atom. The molecule has 0 unspecified atom stereocenters. The molecule has 126 valence electrons. The summed E-state index contributed by atoms with van der Waals surface area (Å²) in [6, 6.07) is 7.08. The van der Waals surface area contributed by atoms with Gasteiger partial charge in [0.1, 0.15) is 19.0 Å². The summed E-state index contributed by atoms with van der Waals surface area (Å²) in [5, 5.41) is 7.80. The lowest BCUT2D eigenvalue weighted by molar-refractivity contribution is 0.0936. The lowest BCUT2D eigenvalue weighted by Crippen LogP contribution is -2.27. The molecule has 4 rings (SSSR count). The Labute approximate surface area is 139 Å². The van der Waals surface area contributed by atoms with Crippen molar-refractivity contribution in [3.8, 4) is 11.5 Å². The fourth-order valence-corrected chi connectivity index (χ4v) is 3.25. The molecule has 0 saturated carbocycles. The highest BCUT2D eigenvalue weighted by atomic mass is 16.6. The molecule has 24 heavy (non-hydrogen) atoms. The van der Waals surface area contributed by atoms with Crippen LogP contribution in [-0.4, -0.2) is 42.0 Å². The molecule has 0 spiro atoms. The van der Waals surface area contributed by atoms with E-state index in [-0.39, 0.29) is 5.91 Å². The number of piperidine rings is 1. The fourth-order valence-electron chi connectivity index (χ4n) is 3.25. The number of nitrogens with zero attached hydrogens (tertiary/aromatic N) is 2. The van der Waals surface area contributed by atoms with E-state index in [1.54, 1.807) is 24.3 Å². The topological polar surface area (TPSA) is 91.4 Å². The van der Waals surface area contributed by atoms with E-state index >= 15 is 0 Å². The van der Waals surface area contributed by atoms with Crippen molar-refractivity contribution in [1.82, 2.24) is 15.1 Å². The van der Waals surface area contributed by atoms with Crippen LogP contribution < -0.4 is 20.5 Å². The highest BCUT2D eigenvalue weighted by molar-refractivity contribution is 6.00. The number of fused-ring (bicyclic) bond motifs is 1. The van der Waals surface area contributed by atoms with Crippen LogP contribution >= 0.6 is 0 Å². The van der Waals surface area contributed by atoms with Crippen LogP contribution in [-0.2, 0) is 0 Å². The molecule has 1 saturated heterocycles. The monoisotopic (exact) mass is 328 g/mol. The second-order valence-electron chi connectivity index (χ2n) is 6.07. The van der Waals surface area contributed by atoms with Crippen molar-refractivity contribution in [2.75, 3.05) is 32.0 Å². The first-order chi connectivity index (χ1) is 11.7. The van der Waals surface area contributed by atoms with Crippen molar-refractivity contribution < 1.29 is 14.3 Å². The Morgan fingerprint density at radius 3 is 2.88 bits per heavy atom. The van der Waals surface area contributed by atoms with Gasteiger partial charge in [-0.2, -0.15) is 9.78 Å². The minimum Gasteiger partial charge on any atom is -0.486 e. The third-order valence-electron chi connectivity index (χ3n) is 4.50. The maximum Gasteiger partial charge on any atom is 0.283 e. The molecule has 0 amide bonds. The number of carbonyl (C=O) groups is 1. The zero-order valence-corrected chi connectivity index (χ0v) is 13.3. The number of rotatable bonds is 2. The van der Waals surface area contributed by atoms with Crippen molar-refractivity contribution in [3.63, 3.8) is 0 Å². The van der Waals surface area contributed by atoms with Crippen molar-refractivity contribution in [2.45, 2.75) is 18.8 Å². The number of nitrogen functional groups attached to an aromatic ring is 1. The zero-order chi connectivity index (χ0) is 16.5. The van der Waals surface area contributed by atoms with Crippen LogP contribution in [0.5, 0.6) is 11.5 Å². The molecule has 0 aliphatic carbocycles. The van der Waals surface area contributed by atoms with Crippen LogP contribution in [0, 0.1) is 0 Å². The molecule has 1 aromatic heterocycles. The van der Waals surface area contributed by atoms with Crippen molar-refractivity contribution in [1.29, 1.82) is 0 Å². The predicted octanol–water partition coefficient (Wildman–Crippen LogP) is 1.39. The Bertz CT molecular complexity index is 765. The quantitative estimate of drug-likeness (QED) is 0.866. The summed E-state index contributed by atoms with van der Waals surface area (Å²) < 4.78 is 12.4. The Kier molecular flexibility index (Phi) is 3.86. The van der Waals surface area contributed by atoms with E-state index in [0.29, 0.717) is 42.0 Å². The first-order valence-corrected chi connectivity index (χ1v) is 8.23. The fraction of sp³-hybridized carbons (Fsp3) is 0.412. The Balaban J connectivity index is 1.67. The molecule has 7 nitrogen and oxygen atoms in total. The summed E-state index contributed by atoms with van der Waals surface area (Å²) in [7, 11) is 0. The van der Waals surface area contributed by atoms with Gasteiger partial charge in [-0.3, -0.25) is 4.79 Å². The molecule has 0 bridgehead atoms. The highest BCUT2D eigenvalue weighted by Gasteiger charge is 2.25. The van der Waals surface area contributed by atoms with Gasteiger partial charge in [0.05, 0.1) is 11.3 Å². The van der Waals surface area contributed by atoms with Crippen LogP contribution in [0.25, 0.3) is 0 Å². The summed E-state index contributed by atoms with van der Waals surface area (Å²) in [6.45, 7) is 2.83. The van der Waals surface area contributed by atoms with Crippen molar-refractivity contribution in [2.24, 2.45) is 0 Å². The van der Waals surface area contributed by atoms with Crippen LogP contribution in [0.15, 0.2) is 24.3 Å². The summed E-state index contributed by atoms with van der Waals surface area (Å²) >= 11 is 0. The van der Waals surface area contributed by atoms with Gasteiger partial charge >= 0.3 is 0 Å². The smallest absolute Gasteiger partial charge is 0.283 e. The average molecular weight is 328 g/mol. The van der Waals surface area contributed by atoms with Crippen LogP contribution in [0.3, 0.4) is 0 Å². The number of ether oxygens (including phenoxy) is 2. The van der Waals surface area contributed by atoms with E-state index in [1.165, 1.54) is 4.68 Å². The molecule has 7 heteroatoms. The van der Waals surface area contributed by atoms with E-state index in [2.05, 4.69) is 10.4 Å². The molecular weight excluding hydrogens is 308 g/mol. The number of benzene rings is 1. The minimum atomic E-state index is -0.296. The summed E-state index contributed by atoms with van der Waals surface area (Å²) in [5.41, 5.74) is 7.35. The lowest BCUT2D eigenvalue weighted by Gasteiger charge is -2.21. The second kappa shape index (κ2) is 6.16. The van der Waals surface area contributed by atoms with E-state index in [9.17, 15) is 4.79 Å². The number of hydrogen-bond acceptors (Lipinski definition) is 6. The third-order valence-corrected chi connectivity index (χ3v) is 4.50. The van der Waals surface area contributed by atoms with Gasteiger partial charge in [-0.1, -0.05) is 6.07 Å². The molecule has 1 fully saturated rings. The maximum atomic E-state index is 12.9. The maximum absolute atomic E-state index is 12.9. The van der Waals surface area contributed by atoms with E-state index in [0.717, 1.165) is 31.6 Å². The molecule has 0 radical (unpaired) electrons. The zero-order valence-electron chi connectivity index (χ0n) is 13.3. The molecule has 2 aliphatic heterocycles. The first kappa shape index (κ1) is 15.0. The van der Waals surface area contributed by atoms with Gasteiger partial charge in [-0.05, 0) is 38.1 Å². The second-order valence-corrected chi connectivity index (χ2v) is 6.07. The lowest BCUT2D eigenvalue weighted by atomic mass is 9.95. The van der Waals surface area contributed by atoms with Gasteiger partial charge in [0.2, 0.25) is 0 Å². The van der Waals surface area contributed by atoms with E-state index in [4.69, 9.17) is 15.2 Å². The van der Waals surface area contributed by atoms with Gasteiger partial charge in [-0.25, -0.2) is 0 Å². The standard InChI is InChI=1S/C17H20N4O3/c18-15-10-13(11-4-6-19-7-5-11)20-21(15)17(22)12-2-1-3-14-16(12)24-9-8-23-14/h1-3,10-11,19H,4-9,18H2. The molecule has 3 N–H and O–H groups in total. The Morgan fingerprint density at radius 2 is 2.04 bits per heavy atom. The summed E-state index contributed by atoms with van der Waals surface area (Å²) in [5.74, 6) is 1.44. The third kappa shape index (κ3) is 2.60. The van der Waals surface area contributed by atoms with Gasteiger partial charge < -0.3 is 20.5 Å². The molecule has 2 aromatic rings. The molecule has 1 aromatic carbocycles. The minimum absolute atomic E-state index is 0.296. The largest absolute Gasteiger partial charge is 0.486 e. The molecular formula is C17H20N4O3. The van der Waals surface area contributed by atoms with Crippen molar-refractivity contribution in [3.05, 3.63) is 35.5 Å². The number of nitrogens with one attached hydrogen (secondary N) is 1. The number of aromatic nitrogens is 2. The molecule has 0 atom stereocenters. The molecule has 2 aliphatic rings. The van der Waals surface area contributed by atoms with Gasteiger partial charge in [0, 0.05) is 12.0 Å². The van der Waals surface area contributed by atoms with Crippen LogP contribution in [0.2, 0.25) is 0 Å². The molecule has 3 heterocycles. The number of hydrogen-bond donors (Lipinski definition) is 2. The van der Waals surface area contributed by atoms with Crippen molar-refractivity contribution >= 4 is 11.7 Å². The van der Waals surface area contributed by atoms with E-state index < -0.39 is 0 Å². The average Bonchev–Trinajstić information content (AvgIpc) is 3.03. The SMILES string of the molecule is Nc1cc(C2CCNCC2)nn1C(=O)c1cccc2c1OCCO2. The summed E-state index contributed by atoms with van der Waals surface area (Å²) in [4.78, 5) is 12.9. The highest BCUT2D eigenvalue weighted by Crippen LogP contribution is 2.34.